The number of anilines is 1. The predicted molar refractivity (Wildman–Crippen MR) is 92.0 cm³/mol. The average Bonchev–Trinajstić information content (AvgIpc) is 2.60. The molecule has 0 unspecified atom stereocenters. The molecule has 0 saturated heterocycles. The summed E-state index contributed by atoms with van der Waals surface area (Å²) in [7, 11) is 0. The molecule has 1 aromatic carbocycles. The fraction of sp³-hybridized carbons (Fsp3) is 0.211. The van der Waals surface area contributed by atoms with E-state index < -0.39 is 0 Å². The Labute approximate surface area is 136 Å². The molecule has 2 aromatic rings. The van der Waals surface area contributed by atoms with E-state index in [4.69, 9.17) is 5.26 Å². The SMILES string of the molecule is C/C=C\CCN(C=O)c1nc(-c2cccc(C#N)c2)ccc1C. The molecule has 0 spiro atoms. The number of benzene rings is 1. The summed E-state index contributed by atoms with van der Waals surface area (Å²) in [6, 6.07) is 13.3. The molecule has 0 radical (unpaired) electrons. The van der Waals surface area contributed by atoms with Crippen molar-refractivity contribution in [2.45, 2.75) is 20.3 Å². The van der Waals surface area contributed by atoms with Gasteiger partial charge in [0.25, 0.3) is 0 Å². The summed E-state index contributed by atoms with van der Waals surface area (Å²) in [5.41, 5.74) is 3.15. The standard InChI is InChI=1S/C19H19N3O/c1-3-4-5-11-22(14-23)19-15(2)9-10-18(21-19)17-8-6-7-16(12-17)13-20/h3-4,6-10,12,14H,5,11H2,1-2H3/b4-3-. The summed E-state index contributed by atoms with van der Waals surface area (Å²) in [5, 5.41) is 9.02. The number of aromatic nitrogens is 1. The molecule has 0 atom stereocenters. The van der Waals surface area contributed by atoms with Crippen LogP contribution in [0, 0.1) is 18.3 Å². The molecule has 1 heterocycles. The molecule has 0 bridgehead atoms. The van der Waals surface area contributed by atoms with Crippen molar-refractivity contribution in [3.63, 3.8) is 0 Å². The van der Waals surface area contributed by atoms with Crippen LogP contribution in [-0.2, 0) is 4.79 Å². The maximum Gasteiger partial charge on any atom is 0.215 e. The van der Waals surface area contributed by atoms with Gasteiger partial charge in [0.2, 0.25) is 6.41 Å². The van der Waals surface area contributed by atoms with Gasteiger partial charge in [-0.3, -0.25) is 9.69 Å². The molecule has 1 amide bonds. The highest BCUT2D eigenvalue weighted by Gasteiger charge is 2.11. The van der Waals surface area contributed by atoms with Crippen molar-refractivity contribution in [1.82, 2.24) is 4.98 Å². The van der Waals surface area contributed by atoms with Gasteiger partial charge in [0.1, 0.15) is 5.82 Å². The zero-order valence-corrected chi connectivity index (χ0v) is 13.4. The lowest BCUT2D eigenvalue weighted by molar-refractivity contribution is -0.107. The molecule has 0 fully saturated rings. The lowest BCUT2D eigenvalue weighted by atomic mass is 10.1. The van der Waals surface area contributed by atoms with Gasteiger partial charge in [-0.25, -0.2) is 4.98 Å². The second kappa shape index (κ2) is 7.90. The molecule has 4 nitrogen and oxygen atoms in total. The van der Waals surface area contributed by atoms with Gasteiger partial charge in [-0.05, 0) is 44.0 Å². The summed E-state index contributed by atoms with van der Waals surface area (Å²) >= 11 is 0. The van der Waals surface area contributed by atoms with E-state index in [0.29, 0.717) is 17.9 Å². The minimum absolute atomic E-state index is 0.587. The highest BCUT2D eigenvalue weighted by molar-refractivity contribution is 5.76. The van der Waals surface area contributed by atoms with Crippen molar-refractivity contribution in [3.05, 3.63) is 59.7 Å². The molecule has 0 aliphatic heterocycles. The van der Waals surface area contributed by atoms with Gasteiger partial charge >= 0.3 is 0 Å². The number of hydrogen-bond donors (Lipinski definition) is 0. The summed E-state index contributed by atoms with van der Waals surface area (Å²) in [5.74, 6) is 0.657. The van der Waals surface area contributed by atoms with Crippen LogP contribution < -0.4 is 4.90 Å². The third-order valence-corrected chi connectivity index (χ3v) is 3.53. The van der Waals surface area contributed by atoms with Crippen LogP contribution in [0.4, 0.5) is 5.82 Å². The highest BCUT2D eigenvalue weighted by Crippen LogP contribution is 2.24. The topological polar surface area (TPSA) is 57.0 Å². The van der Waals surface area contributed by atoms with Crippen molar-refractivity contribution < 1.29 is 4.79 Å². The zero-order valence-electron chi connectivity index (χ0n) is 13.4. The Morgan fingerprint density at radius 1 is 1.30 bits per heavy atom. The summed E-state index contributed by atoms with van der Waals surface area (Å²) in [4.78, 5) is 17.7. The van der Waals surface area contributed by atoms with Crippen LogP contribution in [0.2, 0.25) is 0 Å². The second-order valence-electron chi connectivity index (χ2n) is 5.19. The molecule has 1 aromatic heterocycles. The molecule has 0 aliphatic carbocycles. The monoisotopic (exact) mass is 305 g/mol. The van der Waals surface area contributed by atoms with Gasteiger partial charge in [0.05, 0.1) is 17.3 Å². The molecular formula is C19H19N3O. The number of amides is 1. The Hall–Kier alpha value is -2.93. The van der Waals surface area contributed by atoms with E-state index >= 15 is 0 Å². The minimum Gasteiger partial charge on any atom is -0.299 e. The molecule has 4 heteroatoms. The average molecular weight is 305 g/mol. The van der Waals surface area contributed by atoms with Gasteiger partial charge in [0, 0.05) is 12.1 Å². The third kappa shape index (κ3) is 4.04. The van der Waals surface area contributed by atoms with Crippen LogP contribution in [0.25, 0.3) is 11.3 Å². The Morgan fingerprint density at radius 2 is 2.13 bits per heavy atom. The number of allylic oxidation sites excluding steroid dienone is 1. The van der Waals surface area contributed by atoms with Crippen LogP contribution >= 0.6 is 0 Å². The number of rotatable bonds is 6. The van der Waals surface area contributed by atoms with Crippen molar-refractivity contribution in [2.75, 3.05) is 11.4 Å². The molecule has 0 N–H and O–H groups in total. The van der Waals surface area contributed by atoms with Crippen LogP contribution in [0.5, 0.6) is 0 Å². The van der Waals surface area contributed by atoms with E-state index in [2.05, 4.69) is 11.1 Å². The molecule has 0 saturated carbocycles. The van der Waals surface area contributed by atoms with E-state index in [0.717, 1.165) is 29.7 Å². The number of carbonyl (C=O) groups is 1. The fourth-order valence-electron chi connectivity index (χ4n) is 2.31. The van der Waals surface area contributed by atoms with Gasteiger partial charge in [0.15, 0.2) is 0 Å². The minimum atomic E-state index is 0.587. The third-order valence-electron chi connectivity index (χ3n) is 3.53. The van der Waals surface area contributed by atoms with Crippen molar-refractivity contribution in [3.8, 4) is 17.3 Å². The van der Waals surface area contributed by atoms with E-state index in [-0.39, 0.29) is 0 Å². The van der Waals surface area contributed by atoms with E-state index in [1.165, 1.54) is 0 Å². The first kappa shape index (κ1) is 16.4. The summed E-state index contributed by atoms with van der Waals surface area (Å²) in [6.07, 6.45) is 5.58. The van der Waals surface area contributed by atoms with E-state index in [1.807, 2.05) is 50.3 Å². The maximum atomic E-state index is 11.4. The number of hydrogen-bond acceptors (Lipinski definition) is 3. The van der Waals surface area contributed by atoms with Crippen molar-refractivity contribution in [1.29, 1.82) is 5.26 Å². The quantitative estimate of drug-likeness (QED) is 0.601. The Bertz CT molecular complexity index is 759. The highest BCUT2D eigenvalue weighted by atomic mass is 16.1. The zero-order chi connectivity index (χ0) is 16.7. The Morgan fingerprint density at radius 3 is 2.83 bits per heavy atom. The van der Waals surface area contributed by atoms with Crippen LogP contribution in [0.15, 0.2) is 48.6 Å². The first-order chi connectivity index (χ1) is 11.2. The van der Waals surface area contributed by atoms with Gasteiger partial charge in [-0.15, -0.1) is 0 Å². The van der Waals surface area contributed by atoms with Gasteiger partial charge < -0.3 is 0 Å². The van der Waals surface area contributed by atoms with Gasteiger partial charge in [-0.1, -0.05) is 30.4 Å². The van der Waals surface area contributed by atoms with E-state index in [9.17, 15) is 4.79 Å². The number of aryl methyl sites for hydroxylation is 1. The first-order valence-electron chi connectivity index (χ1n) is 7.51. The van der Waals surface area contributed by atoms with Crippen LogP contribution in [0.1, 0.15) is 24.5 Å². The summed E-state index contributed by atoms with van der Waals surface area (Å²) < 4.78 is 0. The van der Waals surface area contributed by atoms with Crippen molar-refractivity contribution in [2.24, 2.45) is 0 Å². The van der Waals surface area contributed by atoms with Gasteiger partial charge in [-0.2, -0.15) is 5.26 Å². The van der Waals surface area contributed by atoms with E-state index in [1.54, 1.807) is 17.0 Å². The maximum absolute atomic E-state index is 11.4. The Balaban J connectivity index is 2.37. The predicted octanol–water partition coefficient (Wildman–Crippen LogP) is 3.86. The molecule has 0 aliphatic rings. The van der Waals surface area contributed by atoms with Crippen LogP contribution in [0.3, 0.4) is 0 Å². The molecule has 23 heavy (non-hydrogen) atoms. The normalized spacial score (nSPS) is 10.5. The smallest absolute Gasteiger partial charge is 0.215 e. The van der Waals surface area contributed by atoms with Crippen molar-refractivity contribution >= 4 is 12.2 Å². The molecule has 116 valence electrons. The first-order valence-corrected chi connectivity index (χ1v) is 7.51. The summed E-state index contributed by atoms with van der Waals surface area (Å²) in [6.45, 7) is 4.48. The number of pyridine rings is 1. The number of carbonyl (C=O) groups excluding carboxylic acids is 1. The second-order valence-corrected chi connectivity index (χ2v) is 5.19. The Kier molecular flexibility index (Phi) is 5.65. The molecular weight excluding hydrogens is 286 g/mol. The fourth-order valence-corrected chi connectivity index (χ4v) is 2.31. The number of nitrogens with zero attached hydrogens (tertiary/aromatic N) is 3. The molecule has 2 rings (SSSR count). The lowest BCUT2D eigenvalue weighted by Crippen LogP contribution is -2.24. The largest absolute Gasteiger partial charge is 0.299 e. The lowest BCUT2D eigenvalue weighted by Gasteiger charge is -2.18. The van der Waals surface area contributed by atoms with Crippen LogP contribution in [-0.4, -0.2) is 17.9 Å². The number of nitriles is 1.